The van der Waals surface area contributed by atoms with Gasteiger partial charge in [-0.15, -0.1) is 0 Å². The Balaban J connectivity index is 2.07. The molecule has 0 saturated carbocycles. The van der Waals surface area contributed by atoms with Crippen LogP contribution in [0.1, 0.15) is 11.5 Å². The van der Waals surface area contributed by atoms with Crippen molar-refractivity contribution in [3.63, 3.8) is 0 Å². The summed E-state index contributed by atoms with van der Waals surface area (Å²) in [6, 6.07) is 7.65. The van der Waals surface area contributed by atoms with Gasteiger partial charge >= 0.3 is 5.97 Å². The Morgan fingerprint density at radius 1 is 1.44 bits per heavy atom. The summed E-state index contributed by atoms with van der Waals surface area (Å²) in [6.45, 7) is 0. The summed E-state index contributed by atoms with van der Waals surface area (Å²) in [5.74, 6) is -0.486. The third-order valence-electron chi connectivity index (χ3n) is 3.28. The van der Waals surface area contributed by atoms with Gasteiger partial charge in [-0.05, 0) is 11.6 Å². The van der Waals surface area contributed by atoms with Crippen LogP contribution in [0.3, 0.4) is 0 Å². The second-order valence-corrected chi connectivity index (χ2v) is 4.60. The lowest BCUT2D eigenvalue weighted by Gasteiger charge is -2.23. The number of benzene rings is 1. The molecule has 0 aromatic heterocycles. The zero-order chi connectivity index (χ0) is 12.7. The summed E-state index contributed by atoms with van der Waals surface area (Å²) in [7, 11) is 1.36. The van der Waals surface area contributed by atoms with Gasteiger partial charge in [0.2, 0.25) is 0 Å². The number of fused-ring (bicyclic) bond motifs is 3. The fourth-order valence-electron chi connectivity index (χ4n) is 2.44. The van der Waals surface area contributed by atoms with E-state index in [9.17, 15) is 4.79 Å². The molecule has 2 atom stereocenters. The van der Waals surface area contributed by atoms with Crippen LogP contribution in [0.2, 0.25) is 0 Å². The Hall–Kier alpha value is -1.81. The van der Waals surface area contributed by atoms with Crippen LogP contribution in [-0.2, 0) is 9.53 Å². The van der Waals surface area contributed by atoms with Crippen LogP contribution in [0.5, 0.6) is 0 Å². The molecule has 18 heavy (non-hydrogen) atoms. The van der Waals surface area contributed by atoms with Gasteiger partial charge in [0, 0.05) is 11.9 Å². The normalized spacial score (nSPS) is 24.3. The van der Waals surface area contributed by atoms with Crippen LogP contribution in [0.25, 0.3) is 0 Å². The first-order chi connectivity index (χ1) is 8.72. The summed E-state index contributed by atoms with van der Waals surface area (Å²) < 4.78 is 4.77. The summed E-state index contributed by atoms with van der Waals surface area (Å²) in [4.78, 5) is 15.8. The summed E-state index contributed by atoms with van der Waals surface area (Å²) in [5, 5.41) is 3.79. The summed E-state index contributed by atoms with van der Waals surface area (Å²) in [5.41, 5.74) is 2.55. The molecule has 0 saturated heterocycles. The molecule has 1 aromatic rings. The van der Waals surface area contributed by atoms with Crippen molar-refractivity contribution in [1.82, 2.24) is 0 Å². The van der Waals surface area contributed by atoms with E-state index < -0.39 is 0 Å². The van der Waals surface area contributed by atoms with E-state index in [1.54, 1.807) is 0 Å². The monoisotopic (exact) mass is 262 g/mol. The first kappa shape index (κ1) is 11.3. The van der Waals surface area contributed by atoms with Gasteiger partial charge in [0.25, 0.3) is 0 Å². The van der Waals surface area contributed by atoms with Gasteiger partial charge in [-0.2, -0.15) is 0 Å². The molecule has 2 aliphatic rings. The third kappa shape index (κ3) is 1.53. The minimum atomic E-state index is -0.377. The van der Waals surface area contributed by atoms with Gasteiger partial charge in [-0.25, -0.2) is 9.79 Å². The highest BCUT2D eigenvalue weighted by atomic mass is 35.5. The number of hydrogen-bond acceptors (Lipinski definition) is 4. The molecule has 0 amide bonds. The average Bonchev–Trinajstić information content (AvgIpc) is 2.78. The molecule has 1 aromatic carbocycles. The maximum atomic E-state index is 11.7. The zero-order valence-electron chi connectivity index (χ0n) is 9.68. The molecular weight excluding hydrogens is 252 g/mol. The number of carbonyl (C=O) groups excluding carboxylic acids is 1. The van der Waals surface area contributed by atoms with Crippen molar-refractivity contribution in [3.05, 3.63) is 41.6 Å². The molecule has 2 heterocycles. The van der Waals surface area contributed by atoms with Crippen LogP contribution in [0, 0.1) is 0 Å². The van der Waals surface area contributed by atoms with E-state index in [1.807, 2.05) is 24.3 Å². The molecule has 5 heteroatoms. The molecule has 2 aliphatic heterocycles. The number of halogens is 1. The lowest BCUT2D eigenvalue weighted by Crippen LogP contribution is -2.33. The molecule has 0 aliphatic carbocycles. The number of nitrogens with one attached hydrogen (secondary N) is 1. The van der Waals surface area contributed by atoms with Crippen LogP contribution >= 0.6 is 11.6 Å². The number of rotatable bonds is 1. The molecule has 4 nitrogen and oxygen atoms in total. The third-order valence-corrected chi connectivity index (χ3v) is 3.61. The smallest absolute Gasteiger partial charge is 0.337 e. The van der Waals surface area contributed by atoms with E-state index in [1.165, 1.54) is 13.3 Å². The predicted molar refractivity (Wildman–Crippen MR) is 70.0 cm³/mol. The number of aliphatic imine (C=N–C) groups is 1. The molecular formula is C13H11ClN2O2. The Morgan fingerprint density at radius 2 is 2.22 bits per heavy atom. The van der Waals surface area contributed by atoms with Gasteiger partial charge in [0.1, 0.15) is 5.17 Å². The molecule has 2 unspecified atom stereocenters. The van der Waals surface area contributed by atoms with Gasteiger partial charge in [-0.1, -0.05) is 29.8 Å². The Bertz CT molecular complexity index is 580. The number of nitrogens with zero attached hydrogens (tertiary/aromatic N) is 1. The highest BCUT2D eigenvalue weighted by Crippen LogP contribution is 2.42. The Kier molecular flexibility index (Phi) is 2.59. The molecule has 0 spiro atoms. The number of methoxy groups -OCH3 is 1. The van der Waals surface area contributed by atoms with E-state index in [0.29, 0.717) is 10.7 Å². The molecule has 3 rings (SSSR count). The number of esters is 1. The quantitative estimate of drug-likeness (QED) is 0.790. The zero-order valence-corrected chi connectivity index (χ0v) is 10.4. The molecule has 0 radical (unpaired) electrons. The Labute approximate surface area is 109 Å². The highest BCUT2D eigenvalue weighted by molar-refractivity contribution is 6.67. The number of para-hydroxylation sites is 1. The maximum absolute atomic E-state index is 11.7. The highest BCUT2D eigenvalue weighted by Gasteiger charge is 2.41. The van der Waals surface area contributed by atoms with Crippen molar-refractivity contribution in [2.45, 2.75) is 12.0 Å². The standard InChI is InChI=1S/C13H11ClN2O2/c1-18-13(17)8-6-15-12(14)10-7-4-2-3-5-9(7)16-11(8)10/h2-6,10-11,16H,1H3. The fourth-order valence-corrected chi connectivity index (χ4v) is 2.73. The summed E-state index contributed by atoms with van der Waals surface area (Å²) >= 11 is 6.17. The number of carbonyl (C=O) groups is 1. The fraction of sp³-hybridized carbons (Fsp3) is 0.231. The van der Waals surface area contributed by atoms with Gasteiger partial charge in [0.05, 0.1) is 24.6 Å². The minimum absolute atomic E-state index is 0.109. The van der Waals surface area contributed by atoms with Crippen LogP contribution in [0.4, 0.5) is 5.69 Å². The molecule has 1 N–H and O–H groups in total. The molecule has 92 valence electrons. The first-order valence-electron chi connectivity index (χ1n) is 5.59. The van der Waals surface area contributed by atoms with E-state index in [4.69, 9.17) is 16.3 Å². The number of ether oxygens (including phenoxy) is 1. The first-order valence-corrected chi connectivity index (χ1v) is 5.97. The van der Waals surface area contributed by atoms with Crippen molar-refractivity contribution in [2.75, 3.05) is 12.4 Å². The molecule has 0 fully saturated rings. The van der Waals surface area contributed by atoms with Crippen LogP contribution < -0.4 is 5.32 Å². The van der Waals surface area contributed by atoms with Crippen molar-refractivity contribution in [1.29, 1.82) is 0 Å². The van der Waals surface area contributed by atoms with Crippen molar-refractivity contribution in [3.8, 4) is 0 Å². The SMILES string of the molecule is COC(=O)C1=CN=C(Cl)C2c3ccccc3NC12. The average molecular weight is 263 g/mol. The largest absolute Gasteiger partial charge is 0.466 e. The maximum Gasteiger partial charge on any atom is 0.337 e. The van der Waals surface area contributed by atoms with E-state index in [-0.39, 0.29) is 17.9 Å². The lowest BCUT2D eigenvalue weighted by molar-refractivity contribution is -0.136. The van der Waals surface area contributed by atoms with Crippen LogP contribution in [-0.4, -0.2) is 24.3 Å². The van der Waals surface area contributed by atoms with Crippen LogP contribution in [0.15, 0.2) is 41.0 Å². The second-order valence-electron chi connectivity index (χ2n) is 4.21. The number of anilines is 1. The van der Waals surface area contributed by atoms with Crippen molar-refractivity contribution in [2.24, 2.45) is 4.99 Å². The second kappa shape index (κ2) is 4.14. The molecule has 0 bridgehead atoms. The number of hydrogen-bond donors (Lipinski definition) is 1. The minimum Gasteiger partial charge on any atom is -0.466 e. The van der Waals surface area contributed by atoms with E-state index in [2.05, 4.69) is 10.3 Å². The van der Waals surface area contributed by atoms with E-state index in [0.717, 1.165) is 11.3 Å². The van der Waals surface area contributed by atoms with Gasteiger partial charge in [0.15, 0.2) is 0 Å². The van der Waals surface area contributed by atoms with Gasteiger partial charge < -0.3 is 10.1 Å². The lowest BCUT2D eigenvalue weighted by atomic mass is 9.90. The topological polar surface area (TPSA) is 50.7 Å². The predicted octanol–water partition coefficient (Wildman–Crippen LogP) is 2.27. The Morgan fingerprint density at radius 3 is 3.00 bits per heavy atom. The van der Waals surface area contributed by atoms with Crippen molar-refractivity contribution < 1.29 is 9.53 Å². The van der Waals surface area contributed by atoms with Crippen molar-refractivity contribution >= 4 is 28.4 Å². The summed E-state index contributed by atoms with van der Waals surface area (Å²) in [6.07, 6.45) is 1.48. The van der Waals surface area contributed by atoms with E-state index >= 15 is 0 Å². The van der Waals surface area contributed by atoms with Gasteiger partial charge in [-0.3, -0.25) is 0 Å².